The number of anilines is 1. The maximum absolute atomic E-state index is 13.3. The van der Waals surface area contributed by atoms with Crippen molar-refractivity contribution in [2.45, 2.75) is 10.6 Å². The Labute approximate surface area is 116 Å². The van der Waals surface area contributed by atoms with E-state index in [-0.39, 0.29) is 22.0 Å². The minimum absolute atomic E-state index is 0.00484. The van der Waals surface area contributed by atoms with Crippen LogP contribution < -0.4 is 5.73 Å². The number of nitro groups is 1. The molecule has 2 aromatic rings. The van der Waals surface area contributed by atoms with Gasteiger partial charge in [0.25, 0.3) is 5.69 Å². The Bertz CT molecular complexity index is 691. The van der Waals surface area contributed by atoms with E-state index >= 15 is 0 Å². The van der Waals surface area contributed by atoms with Crippen molar-refractivity contribution in [1.29, 1.82) is 0 Å². The fourth-order valence-electron chi connectivity index (χ4n) is 1.69. The zero-order valence-corrected chi connectivity index (χ0v) is 11.1. The maximum Gasteiger partial charge on any atom is 0.285 e. The molecule has 5 nitrogen and oxygen atoms in total. The molecule has 2 rings (SSSR count). The van der Waals surface area contributed by atoms with Gasteiger partial charge in [-0.2, -0.15) is 0 Å². The van der Waals surface area contributed by atoms with Gasteiger partial charge < -0.3 is 5.73 Å². The molecule has 0 bridgehead atoms. The highest BCUT2D eigenvalue weighted by Crippen LogP contribution is 2.24. The first kappa shape index (κ1) is 14.1. The summed E-state index contributed by atoms with van der Waals surface area (Å²) >= 11 is 0. The van der Waals surface area contributed by atoms with Gasteiger partial charge in [-0.1, -0.05) is 18.2 Å². The molecule has 0 heterocycles. The molecule has 0 saturated carbocycles. The summed E-state index contributed by atoms with van der Waals surface area (Å²) in [6.07, 6.45) is 0. The lowest BCUT2D eigenvalue weighted by Crippen LogP contribution is -2.02. The standard InChI is InChI=1S/C13H11FN2O3S/c14-10-7-9(5-6-11(10)15)8-20(19)13-4-2-1-3-12(13)16(17)18/h1-7H,8,15H2. The van der Waals surface area contributed by atoms with Crippen molar-refractivity contribution in [2.75, 3.05) is 5.73 Å². The SMILES string of the molecule is Nc1ccc(CS(=O)c2ccccc2[N+](=O)[O-])cc1F. The number of hydrogen-bond donors (Lipinski definition) is 1. The Morgan fingerprint density at radius 3 is 2.60 bits per heavy atom. The molecule has 7 heteroatoms. The third kappa shape index (κ3) is 3.00. The number of benzene rings is 2. The molecule has 104 valence electrons. The lowest BCUT2D eigenvalue weighted by molar-refractivity contribution is -0.387. The number of nitro benzene ring substituents is 1. The average molecular weight is 294 g/mol. The van der Waals surface area contributed by atoms with Gasteiger partial charge >= 0.3 is 0 Å². The van der Waals surface area contributed by atoms with Crippen LogP contribution in [0.15, 0.2) is 47.4 Å². The molecule has 0 spiro atoms. The molecular formula is C13H11FN2O3S. The van der Waals surface area contributed by atoms with E-state index in [9.17, 15) is 18.7 Å². The lowest BCUT2D eigenvalue weighted by Gasteiger charge is -2.05. The van der Waals surface area contributed by atoms with E-state index in [1.54, 1.807) is 12.1 Å². The molecule has 0 aliphatic carbocycles. The van der Waals surface area contributed by atoms with Crippen LogP contribution in [0, 0.1) is 15.9 Å². The third-order valence-electron chi connectivity index (χ3n) is 2.67. The molecule has 0 fully saturated rings. The molecule has 2 N–H and O–H groups in total. The largest absolute Gasteiger partial charge is 0.396 e. The minimum Gasteiger partial charge on any atom is -0.396 e. The summed E-state index contributed by atoms with van der Waals surface area (Å²) < 4.78 is 25.5. The summed E-state index contributed by atoms with van der Waals surface area (Å²) in [6, 6.07) is 9.90. The quantitative estimate of drug-likeness (QED) is 0.533. The topological polar surface area (TPSA) is 86.2 Å². The molecule has 2 aromatic carbocycles. The van der Waals surface area contributed by atoms with E-state index in [4.69, 9.17) is 5.73 Å². The Kier molecular flexibility index (Phi) is 4.09. The van der Waals surface area contributed by atoms with Crippen molar-refractivity contribution in [3.63, 3.8) is 0 Å². The van der Waals surface area contributed by atoms with E-state index in [1.807, 2.05) is 0 Å². The number of nitrogens with two attached hydrogens (primary N) is 1. The van der Waals surface area contributed by atoms with Gasteiger partial charge in [-0.25, -0.2) is 4.39 Å². The predicted octanol–water partition coefficient (Wildman–Crippen LogP) is 2.62. The number of hydrogen-bond acceptors (Lipinski definition) is 4. The Morgan fingerprint density at radius 2 is 1.95 bits per heavy atom. The number of nitrogens with zero attached hydrogens (tertiary/aromatic N) is 1. The van der Waals surface area contributed by atoms with Crippen LogP contribution in [0.3, 0.4) is 0 Å². The minimum atomic E-state index is -1.63. The van der Waals surface area contributed by atoms with Crippen LogP contribution >= 0.6 is 0 Å². The molecule has 20 heavy (non-hydrogen) atoms. The first-order valence-corrected chi connectivity index (χ1v) is 6.96. The zero-order chi connectivity index (χ0) is 14.7. The summed E-state index contributed by atoms with van der Waals surface area (Å²) in [6.45, 7) is 0. The normalized spacial score (nSPS) is 12.1. The Balaban J connectivity index is 2.28. The molecule has 1 atom stereocenters. The molecule has 0 aromatic heterocycles. The first-order valence-electron chi connectivity index (χ1n) is 5.64. The van der Waals surface area contributed by atoms with Gasteiger partial charge in [0.15, 0.2) is 0 Å². The van der Waals surface area contributed by atoms with Crippen molar-refractivity contribution in [1.82, 2.24) is 0 Å². The summed E-state index contributed by atoms with van der Waals surface area (Å²) in [4.78, 5) is 10.4. The molecule has 0 amide bonds. The van der Waals surface area contributed by atoms with E-state index < -0.39 is 21.5 Å². The zero-order valence-electron chi connectivity index (χ0n) is 10.3. The van der Waals surface area contributed by atoms with Gasteiger partial charge in [0.05, 0.1) is 27.2 Å². The van der Waals surface area contributed by atoms with Crippen molar-refractivity contribution in [2.24, 2.45) is 0 Å². The van der Waals surface area contributed by atoms with Gasteiger partial charge in [0.2, 0.25) is 0 Å². The summed E-state index contributed by atoms with van der Waals surface area (Å²) in [5, 5.41) is 10.9. The lowest BCUT2D eigenvalue weighted by atomic mass is 10.2. The molecule has 0 radical (unpaired) electrons. The van der Waals surface area contributed by atoms with Crippen molar-refractivity contribution < 1.29 is 13.5 Å². The highest BCUT2D eigenvalue weighted by Gasteiger charge is 2.18. The maximum atomic E-state index is 13.3. The van der Waals surface area contributed by atoms with Crippen LogP contribution in [0.4, 0.5) is 15.8 Å². The second-order valence-corrected chi connectivity index (χ2v) is 5.49. The molecule has 1 unspecified atom stereocenters. The van der Waals surface area contributed by atoms with Gasteiger partial charge in [-0.3, -0.25) is 14.3 Å². The van der Waals surface area contributed by atoms with Gasteiger partial charge in [-0.15, -0.1) is 0 Å². The van der Waals surface area contributed by atoms with Crippen LogP contribution in [0.5, 0.6) is 0 Å². The predicted molar refractivity (Wildman–Crippen MR) is 74.0 cm³/mol. The van der Waals surface area contributed by atoms with E-state index in [2.05, 4.69) is 0 Å². The first-order chi connectivity index (χ1) is 9.49. The second-order valence-electron chi connectivity index (χ2n) is 4.07. The van der Waals surface area contributed by atoms with Crippen LogP contribution in [0.25, 0.3) is 0 Å². The van der Waals surface area contributed by atoms with Crippen LogP contribution in [-0.2, 0) is 16.6 Å². The molecule has 0 aliphatic rings. The average Bonchev–Trinajstić information content (AvgIpc) is 2.43. The number of nitrogen functional groups attached to an aromatic ring is 1. The van der Waals surface area contributed by atoms with Gasteiger partial charge in [0.1, 0.15) is 10.7 Å². The van der Waals surface area contributed by atoms with E-state index in [0.29, 0.717) is 5.56 Å². The van der Waals surface area contributed by atoms with Gasteiger partial charge in [0, 0.05) is 6.07 Å². The fraction of sp³-hybridized carbons (Fsp3) is 0.0769. The van der Waals surface area contributed by atoms with Crippen molar-refractivity contribution in [3.8, 4) is 0 Å². The fourth-order valence-corrected chi connectivity index (χ4v) is 2.93. The molecular weight excluding hydrogens is 283 g/mol. The number of para-hydroxylation sites is 1. The van der Waals surface area contributed by atoms with Crippen LogP contribution in [-0.4, -0.2) is 9.13 Å². The van der Waals surface area contributed by atoms with Crippen LogP contribution in [0.1, 0.15) is 5.56 Å². The van der Waals surface area contributed by atoms with Crippen molar-refractivity contribution >= 4 is 22.2 Å². The van der Waals surface area contributed by atoms with Gasteiger partial charge in [-0.05, 0) is 23.8 Å². The Morgan fingerprint density at radius 1 is 1.25 bits per heavy atom. The monoisotopic (exact) mass is 294 g/mol. The van der Waals surface area contributed by atoms with E-state index in [0.717, 1.165) is 0 Å². The van der Waals surface area contributed by atoms with Crippen molar-refractivity contribution in [3.05, 3.63) is 64.0 Å². The smallest absolute Gasteiger partial charge is 0.285 e. The highest BCUT2D eigenvalue weighted by molar-refractivity contribution is 7.84. The molecule has 0 aliphatic heterocycles. The summed E-state index contributed by atoms with van der Waals surface area (Å²) in [7, 11) is -1.63. The summed E-state index contributed by atoms with van der Waals surface area (Å²) in [5.41, 5.74) is 5.62. The third-order valence-corrected chi connectivity index (χ3v) is 4.10. The molecule has 0 saturated heterocycles. The van der Waals surface area contributed by atoms with E-state index in [1.165, 1.54) is 30.3 Å². The second kappa shape index (κ2) is 5.79. The number of rotatable bonds is 4. The number of halogens is 1. The summed E-state index contributed by atoms with van der Waals surface area (Å²) in [5.74, 6) is -0.607. The van der Waals surface area contributed by atoms with Crippen LogP contribution in [0.2, 0.25) is 0 Å². The highest BCUT2D eigenvalue weighted by atomic mass is 32.2. The Hall–Kier alpha value is -2.28.